The van der Waals surface area contributed by atoms with Gasteiger partial charge in [0.2, 0.25) is 0 Å². The van der Waals surface area contributed by atoms with Crippen LogP contribution in [0.15, 0.2) is 28.3 Å². The number of pyridine rings is 1. The van der Waals surface area contributed by atoms with Gasteiger partial charge >= 0.3 is 0 Å². The van der Waals surface area contributed by atoms with Crippen LogP contribution in [0.4, 0.5) is 20.2 Å². The van der Waals surface area contributed by atoms with Crippen LogP contribution in [-0.2, 0) is 0 Å². The van der Waals surface area contributed by atoms with E-state index in [0.717, 1.165) is 20.5 Å². The number of hydrogen-bond acceptors (Lipinski definition) is 6. The van der Waals surface area contributed by atoms with Gasteiger partial charge in [0.1, 0.15) is 9.90 Å². The van der Waals surface area contributed by atoms with Crippen LogP contribution in [-0.4, -0.2) is 28.9 Å². The average molecular weight is 515 g/mol. The lowest BCUT2D eigenvalue weighted by atomic mass is 10.3. The molecule has 0 aromatic carbocycles. The summed E-state index contributed by atoms with van der Waals surface area (Å²) in [6.07, 6.45) is 1.43. The number of carbonyl (C=O) groups is 1. The number of nitrogens with zero attached hydrogens (tertiary/aromatic N) is 1. The zero-order valence-corrected chi connectivity index (χ0v) is 18.3. The molecule has 2 aromatic rings. The van der Waals surface area contributed by atoms with Crippen molar-refractivity contribution in [2.24, 2.45) is 0 Å². The normalized spacial score (nSPS) is 11.4. The first-order valence-electron chi connectivity index (χ1n) is 7.21. The highest BCUT2D eigenvalue weighted by molar-refractivity contribution is 14.1. The van der Waals surface area contributed by atoms with E-state index in [4.69, 9.17) is 0 Å². The minimum Gasteiger partial charge on any atom is -0.385 e. The first-order valence-corrected chi connectivity index (χ1v) is 10.9. The van der Waals surface area contributed by atoms with Gasteiger partial charge in [-0.05, 0) is 52.2 Å². The molecule has 0 saturated heterocycles. The zero-order chi connectivity index (χ0) is 18.6. The fourth-order valence-corrected chi connectivity index (χ4v) is 5.54. The van der Waals surface area contributed by atoms with Gasteiger partial charge in [0.05, 0.1) is 20.5 Å². The lowest BCUT2D eigenvalue weighted by Crippen LogP contribution is -2.13. The van der Waals surface area contributed by atoms with Crippen molar-refractivity contribution in [1.29, 1.82) is 0 Å². The molecule has 0 bridgehead atoms. The van der Waals surface area contributed by atoms with Crippen LogP contribution in [0.5, 0.6) is 0 Å². The topological polar surface area (TPSA) is 54.0 Å². The highest BCUT2D eigenvalue weighted by atomic mass is 127. The van der Waals surface area contributed by atoms with Crippen LogP contribution in [0.25, 0.3) is 0 Å². The van der Waals surface area contributed by atoms with Gasteiger partial charge in [0.25, 0.3) is 11.2 Å². The smallest absolute Gasteiger partial charge is 0.296 e. The molecule has 25 heavy (non-hydrogen) atoms. The Bertz CT molecular complexity index is 765. The molecule has 0 radical (unpaired) electrons. The summed E-state index contributed by atoms with van der Waals surface area (Å²) in [6, 6.07) is 3.43. The van der Waals surface area contributed by atoms with Gasteiger partial charge in [0, 0.05) is 18.9 Å². The Balaban J connectivity index is 2.29. The first kappa shape index (κ1) is 20.7. The number of hydrogen-bond donors (Lipinski definition) is 2. The monoisotopic (exact) mass is 515 g/mol. The van der Waals surface area contributed by atoms with Crippen molar-refractivity contribution in [2.75, 3.05) is 23.4 Å². The number of nitrogens with one attached hydrogen (secondary N) is 2. The molecule has 0 saturated carbocycles. The molecule has 4 nitrogen and oxygen atoms in total. The summed E-state index contributed by atoms with van der Waals surface area (Å²) in [5.41, 5.74) is 0.984. The van der Waals surface area contributed by atoms with E-state index < -0.39 is 5.25 Å². The largest absolute Gasteiger partial charge is 0.385 e. The standard InChI is InChI=1S/C15H16F2IN3OS3/c1-4-23-10-6-11(18)24-13(10)14(22)21-8-5-12(25-15(2,16)17)20-7-9(8)19-3/h5-7,19H,4H2,1-3H3,(H,20,21,22). The van der Waals surface area contributed by atoms with Crippen molar-refractivity contribution < 1.29 is 13.6 Å². The number of anilines is 2. The van der Waals surface area contributed by atoms with Crippen molar-refractivity contribution in [3.63, 3.8) is 0 Å². The molecule has 0 aliphatic heterocycles. The van der Waals surface area contributed by atoms with Crippen molar-refractivity contribution in [2.45, 2.75) is 29.0 Å². The van der Waals surface area contributed by atoms with E-state index >= 15 is 0 Å². The maximum Gasteiger partial charge on any atom is 0.296 e. The molecule has 0 spiro atoms. The Labute approximate surface area is 171 Å². The van der Waals surface area contributed by atoms with Crippen LogP contribution in [0.2, 0.25) is 0 Å². The van der Waals surface area contributed by atoms with E-state index in [-0.39, 0.29) is 10.9 Å². The number of halogens is 3. The van der Waals surface area contributed by atoms with E-state index in [1.54, 1.807) is 18.8 Å². The molecule has 1 amide bonds. The highest BCUT2D eigenvalue weighted by Crippen LogP contribution is 2.37. The SMILES string of the molecule is CCSc1cc(I)sc1C(=O)Nc1cc(SC(C)(F)F)ncc1NC. The Morgan fingerprint density at radius 1 is 1.40 bits per heavy atom. The van der Waals surface area contributed by atoms with E-state index in [9.17, 15) is 13.6 Å². The first-order chi connectivity index (χ1) is 11.7. The fourth-order valence-electron chi connectivity index (χ4n) is 1.92. The number of rotatable bonds is 7. The molecular weight excluding hydrogens is 499 g/mol. The van der Waals surface area contributed by atoms with Crippen molar-refractivity contribution in [1.82, 2.24) is 4.98 Å². The predicted molar refractivity (Wildman–Crippen MR) is 112 cm³/mol. The number of aromatic nitrogens is 1. The van der Waals surface area contributed by atoms with E-state index in [1.165, 1.54) is 23.6 Å². The second kappa shape index (κ2) is 8.87. The summed E-state index contributed by atoms with van der Waals surface area (Å²) < 4.78 is 27.4. The molecule has 2 rings (SSSR count). The van der Waals surface area contributed by atoms with Gasteiger partial charge in [-0.2, -0.15) is 8.78 Å². The quantitative estimate of drug-likeness (QED) is 0.358. The van der Waals surface area contributed by atoms with Crippen molar-refractivity contribution in [3.05, 3.63) is 26.1 Å². The third kappa shape index (κ3) is 5.97. The third-order valence-corrected chi connectivity index (χ3v) is 6.59. The summed E-state index contributed by atoms with van der Waals surface area (Å²) in [6.45, 7) is 2.83. The summed E-state index contributed by atoms with van der Waals surface area (Å²) >= 11 is 5.52. The minimum atomic E-state index is -2.94. The highest BCUT2D eigenvalue weighted by Gasteiger charge is 2.24. The van der Waals surface area contributed by atoms with Crippen LogP contribution in [0.3, 0.4) is 0 Å². The molecule has 2 aromatic heterocycles. The molecule has 0 aliphatic carbocycles. The molecule has 10 heteroatoms. The average Bonchev–Trinajstić information content (AvgIpc) is 2.87. The number of thiophene rings is 1. The second-order valence-electron chi connectivity index (χ2n) is 4.86. The fraction of sp³-hybridized carbons (Fsp3) is 0.333. The van der Waals surface area contributed by atoms with E-state index in [0.29, 0.717) is 28.0 Å². The Morgan fingerprint density at radius 3 is 2.72 bits per heavy atom. The third-order valence-electron chi connectivity index (χ3n) is 2.85. The Hall–Kier alpha value is -0.590. The lowest BCUT2D eigenvalue weighted by molar-refractivity contribution is 0.102. The Morgan fingerprint density at radius 2 is 2.12 bits per heavy atom. The maximum absolute atomic E-state index is 13.2. The van der Waals surface area contributed by atoms with E-state index in [1.807, 2.05) is 13.0 Å². The number of carbonyl (C=O) groups excluding carboxylic acids is 1. The molecule has 2 heterocycles. The molecule has 0 fully saturated rings. The zero-order valence-electron chi connectivity index (χ0n) is 13.7. The number of thioether (sulfide) groups is 2. The van der Waals surface area contributed by atoms with Gasteiger partial charge in [-0.15, -0.1) is 23.1 Å². The molecule has 2 N–H and O–H groups in total. The Kier molecular flexibility index (Phi) is 7.35. The van der Waals surface area contributed by atoms with Crippen LogP contribution < -0.4 is 10.6 Å². The van der Waals surface area contributed by atoms with Crippen molar-refractivity contribution >= 4 is 74.7 Å². The van der Waals surface area contributed by atoms with E-state index in [2.05, 4.69) is 38.2 Å². The van der Waals surface area contributed by atoms with Crippen LogP contribution >= 0.6 is 57.5 Å². The van der Waals surface area contributed by atoms with Crippen LogP contribution in [0, 0.1) is 2.88 Å². The summed E-state index contributed by atoms with van der Waals surface area (Å²) in [4.78, 5) is 18.2. The van der Waals surface area contributed by atoms with Crippen LogP contribution in [0.1, 0.15) is 23.5 Å². The summed E-state index contributed by atoms with van der Waals surface area (Å²) in [7, 11) is 1.68. The number of alkyl halides is 2. The maximum atomic E-state index is 13.2. The number of amides is 1. The predicted octanol–water partition coefficient (Wildman–Crippen LogP) is 5.86. The lowest BCUT2D eigenvalue weighted by Gasteiger charge is -2.14. The molecular formula is C15H16F2IN3OS3. The van der Waals surface area contributed by atoms with Gasteiger partial charge < -0.3 is 10.6 Å². The second-order valence-corrected chi connectivity index (χ2v) is 10.5. The van der Waals surface area contributed by atoms with Crippen molar-refractivity contribution in [3.8, 4) is 0 Å². The van der Waals surface area contributed by atoms with Gasteiger partial charge in [-0.3, -0.25) is 4.79 Å². The molecule has 0 aliphatic rings. The van der Waals surface area contributed by atoms with Gasteiger partial charge in [-0.25, -0.2) is 4.98 Å². The van der Waals surface area contributed by atoms with Gasteiger partial charge in [0.15, 0.2) is 0 Å². The molecule has 136 valence electrons. The molecule has 0 atom stereocenters. The summed E-state index contributed by atoms with van der Waals surface area (Å²) in [5.74, 6) is 0.599. The summed E-state index contributed by atoms with van der Waals surface area (Å²) in [5, 5.41) is 2.92. The minimum absolute atomic E-state index is 0.144. The van der Waals surface area contributed by atoms with Gasteiger partial charge in [-0.1, -0.05) is 6.92 Å². The molecule has 0 unspecified atom stereocenters.